The third-order valence-corrected chi connectivity index (χ3v) is 21.8. The topological polar surface area (TPSA) is 258 Å². The molecule has 0 aliphatic carbocycles. The van der Waals surface area contributed by atoms with Crippen LogP contribution in [0.3, 0.4) is 0 Å². The molecule has 0 radical (unpaired) electrons. The van der Waals surface area contributed by atoms with E-state index >= 15 is 0 Å². The van der Waals surface area contributed by atoms with Crippen molar-refractivity contribution in [2.75, 3.05) is 232 Å². The van der Waals surface area contributed by atoms with Gasteiger partial charge in [0.05, 0.1) is 148 Å². The van der Waals surface area contributed by atoms with E-state index in [0.717, 1.165) is 272 Å². The normalized spacial score (nSPS) is 11.8. The summed E-state index contributed by atoms with van der Waals surface area (Å²) >= 11 is 0. The second kappa shape index (κ2) is 121. The predicted molar refractivity (Wildman–Crippen MR) is 561 cm³/mol. The molecule has 2 unspecified atom stereocenters. The minimum Gasteiger partial charge on any atom is -0.469 e. The Balaban J connectivity index is -0.000000233. The summed E-state index contributed by atoms with van der Waals surface area (Å²) in [4.78, 5) is 46.0. The molecule has 0 rings (SSSR count). The highest BCUT2D eigenvalue weighted by Gasteiger charge is 2.36. The third kappa shape index (κ3) is 104. The number of hydrogen-bond acceptors (Lipinski definition) is 22. The number of esters is 1. The van der Waals surface area contributed by atoms with Crippen molar-refractivity contribution in [2.45, 2.75) is 435 Å². The van der Waals surface area contributed by atoms with Gasteiger partial charge in [0.2, 0.25) is 5.91 Å². The molecule has 0 spiro atoms. The van der Waals surface area contributed by atoms with Gasteiger partial charge in [-0.2, -0.15) is 0 Å². The maximum atomic E-state index is 12.0. The van der Waals surface area contributed by atoms with Crippen molar-refractivity contribution in [3.63, 3.8) is 0 Å². The lowest BCUT2D eigenvalue weighted by Gasteiger charge is -2.33. The fourth-order valence-corrected chi connectivity index (χ4v) is 12.9. The van der Waals surface area contributed by atoms with Gasteiger partial charge in [-0.1, -0.05) is 272 Å². The molecule has 0 aliphatic heterocycles. The zero-order valence-corrected chi connectivity index (χ0v) is 92.2. The van der Waals surface area contributed by atoms with Gasteiger partial charge in [-0.25, -0.2) is 4.79 Å². The molecule has 0 bridgehead atoms. The Labute approximate surface area is 829 Å². The van der Waals surface area contributed by atoms with Gasteiger partial charge in [-0.3, -0.25) is 14.4 Å². The minimum absolute atomic E-state index is 0. The van der Waals surface area contributed by atoms with E-state index in [9.17, 15) is 19.2 Å². The van der Waals surface area contributed by atoms with Crippen molar-refractivity contribution in [2.24, 2.45) is 27.6 Å². The SMILES string of the molecule is C.CCCCC(=O)C(CCCC)C(=O)NCCC.CCCCC(CCCCCC(=O)OC)NC(=O)OC.CCCCCCCCC.CCCCOCC(COCC)(COCC)COCC.CCCCOCC(COCC)(COCC)COCCCC.CCCCOCC(COCC)(COCCCC)COCCCC.CCCCOCC(COCCCC)(COCCCC)COCCCC. The molecule has 0 aromatic rings. The maximum Gasteiger partial charge on any atom is 0.407 e. The molecule has 0 saturated carbocycles. The highest BCUT2D eigenvalue weighted by molar-refractivity contribution is 6.01. The van der Waals surface area contributed by atoms with Crippen molar-refractivity contribution >= 4 is 23.8 Å². The van der Waals surface area contributed by atoms with E-state index in [1.807, 2.05) is 48.5 Å². The second-order valence-corrected chi connectivity index (χ2v) is 35.9. The average molecular weight is 1930 g/mol. The van der Waals surface area contributed by atoms with Gasteiger partial charge >= 0.3 is 12.1 Å². The van der Waals surface area contributed by atoms with Crippen LogP contribution in [0.2, 0.25) is 0 Å². The fraction of sp³-hybridized carbons (Fsp3) is 0.964. The Bertz CT molecular complexity index is 2070. The lowest BCUT2D eigenvalue weighted by Crippen LogP contribution is -2.42. The smallest absolute Gasteiger partial charge is 0.407 e. The van der Waals surface area contributed by atoms with Crippen molar-refractivity contribution in [3.8, 4) is 0 Å². The number of rotatable bonds is 94. The monoisotopic (exact) mass is 1930 g/mol. The van der Waals surface area contributed by atoms with E-state index < -0.39 is 5.92 Å². The van der Waals surface area contributed by atoms with Gasteiger partial charge in [0.25, 0.3) is 0 Å². The summed E-state index contributed by atoms with van der Waals surface area (Å²) in [6, 6.07) is 0.172. The molecule has 2 amide bonds. The molecule has 24 heteroatoms. The van der Waals surface area contributed by atoms with Crippen LogP contribution in [0, 0.1) is 27.6 Å². The Morgan fingerprint density at radius 2 is 0.455 bits per heavy atom. The molecule has 2 atom stereocenters. The van der Waals surface area contributed by atoms with Crippen LogP contribution in [0.25, 0.3) is 0 Å². The Hall–Kier alpha value is -2.76. The molecule has 0 fully saturated rings. The van der Waals surface area contributed by atoms with E-state index in [1.54, 1.807) is 0 Å². The van der Waals surface area contributed by atoms with Crippen LogP contribution in [0.15, 0.2) is 0 Å². The molecule has 0 saturated heterocycles. The largest absolute Gasteiger partial charge is 0.469 e. The van der Waals surface area contributed by atoms with Crippen LogP contribution in [0.4, 0.5) is 4.79 Å². The standard InChI is InChI=1S/C21H44O4.C19H40O4.C17H36O4.C15H32O4.C14H27NO4.C14H27NO2.C9H20.CH4/c1-5-9-13-22-17-21(18-23-14-10-6-2,19-24-15-11-7-3)20-25-16-12-8-4;1-5-9-12-21-16-19(15-20-8-4,17-22-13-10-6-2)18-23-14-11-7-3;1-5-9-11-20-15-17(13-18-7-3,14-19-8-4)16-21-12-10-6-2;1-5-9-10-19-14-15(11-16-6-2,12-17-7-3)13-18-8-4;1-4-5-9-12(15-14(17)19-3)10-7-6-8-11-13(16)18-2;1-4-7-9-12(13(16)10-8-5-2)14(17)15-11-6-3;1-3-5-7-9-8-6-4-2;/h5-20H2,1-4H3;5-18H2,1-4H3;5-16H2,1-4H3;5-14H2,1-4H3;12H,4-11H2,1-3H3,(H,15,17);12H,4-11H2,1-3H3,(H,15,17);3-9H2,1-2H3;1H4. The number of ether oxygens (including phenoxy) is 18. The van der Waals surface area contributed by atoms with E-state index in [-0.39, 0.29) is 58.9 Å². The van der Waals surface area contributed by atoms with Crippen LogP contribution < -0.4 is 10.6 Å². The molecule has 24 nitrogen and oxygen atoms in total. The molecule has 0 aromatic carbocycles. The zero-order chi connectivity index (χ0) is 101. The Kier molecular flexibility index (Phi) is 132. The molecular weight excluding hydrogens is 1700 g/mol. The van der Waals surface area contributed by atoms with Gasteiger partial charge in [0.1, 0.15) is 5.78 Å². The molecule has 0 heterocycles. The van der Waals surface area contributed by atoms with Gasteiger partial charge in [0.15, 0.2) is 0 Å². The number of nitrogens with one attached hydrogen (secondary N) is 2. The number of carbonyl (C=O) groups is 4. The molecule has 2 N–H and O–H groups in total. The summed E-state index contributed by atoms with van der Waals surface area (Å²) in [5.41, 5.74) is -0.753. The molecular formula is C110H230N2O22. The first kappa shape index (κ1) is 147. The van der Waals surface area contributed by atoms with Crippen LogP contribution in [0.1, 0.15) is 429 Å². The number of hydrogen-bond donors (Lipinski definition) is 2. The van der Waals surface area contributed by atoms with Gasteiger partial charge in [0, 0.05) is 131 Å². The van der Waals surface area contributed by atoms with Crippen LogP contribution in [-0.4, -0.2) is 262 Å². The van der Waals surface area contributed by atoms with Gasteiger partial charge < -0.3 is 95.9 Å². The number of ketones is 1. The van der Waals surface area contributed by atoms with Crippen LogP contribution in [-0.2, 0) is 99.6 Å². The first-order chi connectivity index (χ1) is 64.7. The number of alkyl carbamates (subject to hydrolysis) is 1. The van der Waals surface area contributed by atoms with E-state index in [0.29, 0.717) is 171 Å². The second-order valence-electron chi connectivity index (χ2n) is 35.9. The number of unbranched alkanes of at least 4 members (excludes halogenated alkanes) is 21. The number of amides is 2. The summed E-state index contributed by atoms with van der Waals surface area (Å²) in [5.74, 6) is -0.515. The van der Waals surface area contributed by atoms with Crippen molar-refractivity contribution < 1.29 is 104 Å². The van der Waals surface area contributed by atoms with Gasteiger partial charge in [-0.05, 0) is 144 Å². The van der Waals surface area contributed by atoms with Crippen molar-refractivity contribution in [1.29, 1.82) is 0 Å². The number of methoxy groups -OCH3 is 2. The predicted octanol–water partition coefficient (Wildman–Crippen LogP) is 26.8. The Morgan fingerprint density at radius 1 is 0.231 bits per heavy atom. The minimum atomic E-state index is -0.409. The molecule has 812 valence electrons. The van der Waals surface area contributed by atoms with E-state index in [1.165, 1.54) is 59.2 Å². The van der Waals surface area contributed by atoms with Crippen molar-refractivity contribution in [1.82, 2.24) is 10.6 Å². The van der Waals surface area contributed by atoms with Crippen LogP contribution in [0.5, 0.6) is 0 Å². The summed E-state index contributed by atoms with van der Waals surface area (Å²) in [5, 5.41) is 5.70. The Morgan fingerprint density at radius 3 is 0.679 bits per heavy atom. The summed E-state index contributed by atoms with van der Waals surface area (Å²) in [6.45, 7) is 69.8. The lowest BCUT2D eigenvalue weighted by atomic mass is 9.92. The summed E-state index contributed by atoms with van der Waals surface area (Å²) < 4.78 is 102. The third-order valence-electron chi connectivity index (χ3n) is 21.8. The summed E-state index contributed by atoms with van der Waals surface area (Å²) in [7, 11) is 2.78. The highest BCUT2D eigenvalue weighted by atomic mass is 16.6. The fourth-order valence-electron chi connectivity index (χ4n) is 12.9. The maximum absolute atomic E-state index is 12.0. The first-order valence-electron chi connectivity index (χ1n) is 54.6. The van der Waals surface area contributed by atoms with E-state index in [4.69, 9.17) is 75.8 Å². The molecule has 134 heavy (non-hydrogen) atoms. The zero-order valence-electron chi connectivity index (χ0n) is 92.2. The first-order valence-corrected chi connectivity index (χ1v) is 54.6. The van der Waals surface area contributed by atoms with E-state index in [2.05, 4.69) is 124 Å². The molecule has 0 aliphatic rings. The van der Waals surface area contributed by atoms with Gasteiger partial charge in [-0.15, -0.1) is 0 Å². The number of carbonyl (C=O) groups excluding carboxylic acids is 4. The summed E-state index contributed by atoms with van der Waals surface area (Å²) in [6.07, 6.45) is 45.5. The average Bonchev–Trinajstić information content (AvgIpc) is 0.924. The van der Waals surface area contributed by atoms with Crippen LogP contribution >= 0.6 is 0 Å². The molecule has 0 aromatic heterocycles. The highest BCUT2D eigenvalue weighted by Crippen LogP contribution is 2.27. The number of Topliss-reactive ketones (excluding diaryl/α,β-unsaturated/α-hetero) is 1. The quantitative estimate of drug-likeness (QED) is 0.0326. The van der Waals surface area contributed by atoms with Crippen molar-refractivity contribution in [3.05, 3.63) is 0 Å². The lowest BCUT2D eigenvalue weighted by molar-refractivity contribution is -0.141.